The Morgan fingerprint density at radius 3 is 2.59 bits per heavy atom. The van der Waals surface area contributed by atoms with Gasteiger partial charge in [0.05, 0.1) is 0 Å². The van der Waals surface area contributed by atoms with Gasteiger partial charge >= 0.3 is 6.09 Å². The molecule has 2 unspecified atom stereocenters. The maximum absolute atomic E-state index is 11.8. The topological polar surface area (TPSA) is 50.4 Å². The van der Waals surface area contributed by atoms with Gasteiger partial charge in [-0.3, -0.25) is 0 Å². The molecular formula is C13H24N2O2. The lowest BCUT2D eigenvalue weighted by atomic mass is 9.88. The molecule has 1 aliphatic carbocycles. The van der Waals surface area contributed by atoms with Crippen LogP contribution >= 0.6 is 0 Å². The highest BCUT2D eigenvalue weighted by Gasteiger charge is 2.38. The van der Waals surface area contributed by atoms with Crippen molar-refractivity contribution in [2.24, 2.45) is 11.8 Å². The first kappa shape index (κ1) is 12.7. The van der Waals surface area contributed by atoms with Crippen molar-refractivity contribution in [3.8, 4) is 0 Å². The van der Waals surface area contributed by atoms with Crippen molar-refractivity contribution in [1.82, 2.24) is 10.6 Å². The minimum Gasteiger partial charge on any atom is -0.444 e. The molecule has 17 heavy (non-hydrogen) atoms. The summed E-state index contributed by atoms with van der Waals surface area (Å²) in [7, 11) is 0. The zero-order valence-corrected chi connectivity index (χ0v) is 11.1. The highest BCUT2D eigenvalue weighted by molar-refractivity contribution is 5.68. The average molecular weight is 240 g/mol. The number of piperidine rings is 1. The fraction of sp³-hybridized carbons (Fsp3) is 0.923. The van der Waals surface area contributed by atoms with Crippen molar-refractivity contribution in [3.63, 3.8) is 0 Å². The fourth-order valence-electron chi connectivity index (χ4n) is 2.58. The molecule has 98 valence electrons. The van der Waals surface area contributed by atoms with E-state index in [9.17, 15) is 4.79 Å². The second-order valence-corrected chi connectivity index (χ2v) is 6.25. The molecule has 1 saturated carbocycles. The smallest absolute Gasteiger partial charge is 0.407 e. The van der Waals surface area contributed by atoms with Gasteiger partial charge in [0, 0.05) is 12.6 Å². The predicted molar refractivity (Wildman–Crippen MR) is 66.9 cm³/mol. The Morgan fingerprint density at radius 1 is 1.29 bits per heavy atom. The Morgan fingerprint density at radius 2 is 2.00 bits per heavy atom. The Bertz CT molecular complexity index is 282. The van der Waals surface area contributed by atoms with Crippen LogP contribution in [0.5, 0.6) is 0 Å². The Balaban J connectivity index is 1.85. The molecule has 2 rings (SSSR count). The van der Waals surface area contributed by atoms with E-state index in [1.165, 1.54) is 19.3 Å². The van der Waals surface area contributed by atoms with Gasteiger partial charge in [0.15, 0.2) is 0 Å². The Labute approximate surface area is 103 Å². The summed E-state index contributed by atoms with van der Waals surface area (Å²) in [4.78, 5) is 11.8. The zero-order chi connectivity index (χ0) is 12.5. The van der Waals surface area contributed by atoms with Crippen LogP contribution in [0.15, 0.2) is 0 Å². The minimum absolute atomic E-state index is 0.242. The van der Waals surface area contributed by atoms with Gasteiger partial charge in [0.2, 0.25) is 0 Å². The summed E-state index contributed by atoms with van der Waals surface area (Å²) in [5, 5.41) is 6.37. The quantitative estimate of drug-likeness (QED) is 0.775. The molecular weight excluding hydrogens is 216 g/mol. The highest BCUT2D eigenvalue weighted by atomic mass is 16.6. The van der Waals surface area contributed by atoms with Crippen LogP contribution in [0.2, 0.25) is 0 Å². The van der Waals surface area contributed by atoms with Crippen LogP contribution < -0.4 is 10.6 Å². The van der Waals surface area contributed by atoms with E-state index in [4.69, 9.17) is 4.74 Å². The summed E-state index contributed by atoms with van der Waals surface area (Å²) >= 11 is 0. The number of rotatable bonds is 2. The molecule has 0 spiro atoms. The van der Waals surface area contributed by atoms with Gasteiger partial charge in [-0.25, -0.2) is 4.79 Å². The van der Waals surface area contributed by atoms with E-state index in [1.54, 1.807) is 0 Å². The molecule has 0 aromatic rings. The van der Waals surface area contributed by atoms with Crippen LogP contribution in [0.3, 0.4) is 0 Å². The predicted octanol–water partition coefficient (Wildman–Crippen LogP) is 1.90. The molecule has 1 saturated heterocycles. The molecule has 0 bridgehead atoms. The van der Waals surface area contributed by atoms with Crippen LogP contribution in [0.25, 0.3) is 0 Å². The number of nitrogens with one attached hydrogen (secondary N) is 2. The molecule has 2 atom stereocenters. The molecule has 2 N–H and O–H groups in total. The standard InChI is InChI=1S/C13H24N2O2/c1-13(2,3)17-12(16)15-11-8-14-7-6-10(11)9-4-5-9/h9-11,14H,4-8H2,1-3H3,(H,15,16). The van der Waals surface area contributed by atoms with E-state index in [2.05, 4.69) is 10.6 Å². The maximum atomic E-state index is 11.8. The van der Waals surface area contributed by atoms with Gasteiger partial charge in [0.25, 0.3) is 0 Å². The first-order valence-electron chi connectivity index (χ1n) is 6.66. The minimum atomic E-state index is -0.415. The number of ether oxygens (including phenoxy) is 1. The summed E-state index contributed by atoms with van der Waals surface area (Å²) in [5.41, 5.74) is -0.415. The normalized spacial score (nSPS) is 29.8. The summed E-state index contributed by atoms with van der Waals surface area (Å²) < 4.78 is 5.31. The van der Waals surface area contributed by atoms with Crippen LogP contribution in [0, 0.1) is 11.8 Å². The van der Waals surface area contributed by atoms with Gasteiger partial charge in [-0.2, -0.15) is 0 Å². The summed E-state index contributed by atoms with van der Waals surface area (Å²) in [6.07, 6.45) is 3.55. The Kier molecular flexibility index (Phi) is 3.61. The summed E-state index contributed by atoms with van der Waals surface area (Å²) in [5.74, 6) is 1.47. The number of amides is 1. The maximum Gasteiger partial charge on any atom is 0.407 e. The van der Waals surface area contributed by atoms with Crippen molar-refractivity contribution < 1.29 is 9.53 Å². The van der Waals surface area contributed by atoms with Crippen molar-refractivity contribution in [3.05, 3.63) is 0 Å². The van der Waals surface area contributed by atoms with Crippen LogP contribution in [0.4, 0.5) is 4.79 Å². The average Bonchev–Trinajstić information content (AvgIpc) is 2.98. The van der Waals surface area contributed by atoms with Crippen molar-refractivity contribution in [2.45, 2.75) is 51.7 Å². The molecule has 1 aliphatic heterocycles. The molecule has 0 radical (unpaired) electrons. The van der Waals surface area contributed by atoms with E-state index in [1.807, 2.05) is 20.8 Å². The monoisotopic (exact) mass is 240 g/mol. The van der Waals surface area contributed by atoms with E-state index in [-0.39, 0.29) is 12.1 Å². The lowest BCUT2D eigenvalue weighted by Gasteiger charge is -2.33. The lowest BCUT2D eigenvalue weighted by Crippen LogP contribution is -2.52. The van der Waals surface area contributed by atoms with E-state index < -0.39 is 5.60 Å². The third-order valence-corrected chi connectivity index (χ3v) is 3.47. The van der Waals surface area contributed by atoms with E-state index >= 15 is 0 Å². The van der Waals surface area contributed by atoms with Crippen LogP contribution in [-0.2, 0) is 4.74 Å². The lowest BCUT2D eigenvalue weighted by molar-refractivity contribution is 0.0469. The highest BCUT2D eigenvalue weighted by Crippen LogP contribution is 2.40. The fourth-order valence-corrected chi connectivity index (χ4v) is 2.58. The largest absolute Gasteiger partial charge is 0.444 e. The molecule has 0 aromatic heterocycles. The third kappa shape index (κ3) is 3.87. The second kappa shape index (κ2) is 4.84. The first-order valence-corrected chi connectivity index (χ1v) is 6.66. The number of carbonyl (C=O) groups excluding carboxylic acids is 1. The van der Waals surface area contributed by atoms with Gasteiger partial charge in [-0.15, -0.1) is 0 Å². The third-order valence-electron chi connectivity index (χ3n) is 3.47. The number of alkyl carbamates (subject to hydrolysis) is 1. The molecule has 4 nitrogen and oxygen atoms in total. The van der Waals surface area contributed by atoms with Gasteiger partial charge in [-0.05, 0) is 58.4 Å². The number of hydrogen-bond acceptors (Lipinski definition) is 3. The molecule has 2 aliphatic rings. The molecule has 2 fully saturated rings. The van der Waals surface area contributed by atoms with Crippen LogP contribution in [0.1, 0.15) is 40.0 Å². The van der Waals surface area contributed by atoms with Gasteiger partial charge in [-0.1, -0.05) is 0 Å². The molecule has 1 amide bonds. The second-order valence-electron chi connectivity index (χ2n) is 6.25. The van der Waals surface area contributed by atoms with Crippen molar-refractivity contribution in [1.29, 1.82) is 0 Å². The molecule has 4 heteroatoms. The van der Waals surface area contributed by atoms with E-state index in [0.717, 1.165) is 19.0 Å². The van der Waals surface area contributed by atoms with Crippen LogP contribution in [-0.4, -0.2) is 30.8 Å². The van der Waals surface area contributed by atoms with Crippen molar-refractivity contribution >= 4 is 6.09 Å². The zero-order valence-electron chi connectivity index (χ0n) is 11.1. The SMILES string of the molecule is CC(C)(C)OC(=O)NC1CNCCC1C1CC1. The van der Waals surface area contributed by atoms with Gasteiger partial charge < -0.3 is 15.4 Å². The summed E-state index contributed by atoms with van der Waals surface area (Å²) in [6, 6.07) is 0.242. The summed E-state index contributed by atoms with van der Waals surface area (Å²) in [6.45, 7) is 7.63. The first-order chi connectivity index (χ1) is 7.96. The number of carbonyl (C=O) groups is 1. The molecule has 0 aromatic carbocycles. The Hall–Kier alpha value is -0.770. The van der Waals surface area contributed by atoms with E-state index in [0.29, 0.717) is 5.92 Å². The van der Waals surface area contributed by atoms with Gasteiger partial charge in [0.1, 0.15) is 5.60 Å². The number of hydrogen-bond donors (Lipinski definition) is 2. The van der Waals surface area contributed by atoms with Crippen molar-refractivity contribution in [2.75, 3.05) is 13.1 Å². The molecule has 1 heterocycles.